The second kappa shape index (κ2) is 33.6. The zero-order chi connectivity index (χ0) is 75.4. The van der Waals surface area contributed by atoms with E-state index in [1.54, 1.807) is 29.1 Å². The summed E-state index contributed by atoms with van der Waals surface area (Å²) in [6.07, 6.45) is 1.81. The van der Waals surface area contributed by atoms with Gasteiger partial charge >= 0.3 is 13.7 Å². The number of ether oxygens (including phenoxy) is 11. The van der Waals surface area contributed by atoms with Crippen molar-refractivity contribution in [1.29, 1.82) is 0 Å². The zero-order valence-electron chi connectivity index (χ0n) is 61.0. The van der Waals surface area contributed by atoms with Crippen LogP contribution in [-0.4, -0.2) is 265 Å². The Morgan fingerprint density at radius 2 is 1.31 bits per heavy atom. The maximum atomic E-state index is 14.5. The molecule has 6 aromatic heterocycles. The summed E-state index contributed by atoms with van der Waals surface area (Å²) < 4.78 is 96.8. The van der Waals surface area contributed by atoms with Crippen molar-refractivity contribution in [2.24, 2.45) is 0 Å². The molecule has 43 heteroatoms. The minimum Gasteiger partial charge on any atom is -0.443 e. The summed E-state index contributed by atoms with van der Waals surface area (Å²) in [6, 6.07) is 2.03. The molecule has 2 saturated carbocycles. The number of aromatic amines is 1. The molecule has 0 bridgehead atoms. The van der Waals surface area contributed by atoms with Crippen molar-refractivity contribution in [3.63, 3.8) is 0 Å². The first-order valence-corrected chi connectivity index (χ1v) is 47.2. The van der Waals surface area contributed by atoms with Crippen molar-refractivity contribution in [3.8, 4) is 0 Å². The molecule has 580 valence electrons. The number of aromatic nitrogens is 16. The van der Waals surface area contributed by atoms with Crippen LogP contribution in [0.3, 0.4) is 0 Å². The van der Waals surface area contributed by atoms with Crippen LogP contribution in [0.15, 0.2) is 12.4 Å². The molecular formula is C61H100Cl2N18O19P2Si2. The molecule has 0 spiro atoms. The highest BCUT2D eigenvalue weighted by molar-refractivity contribution is 7.63. The fourth-order valence-corrected chi connectivity index (χ4v) is 16.2. The van der Waals surface area contributed by atoms with Crippen LogP contribution >= 0.6 is 37.9 Å². The second-order valence-electron chi connectivity index (χ2n) is 31.1. The molecule has 2 aliphatic carbocycles. The molecule has 7 N–H and O–H groups in total. The van der Waals surface area contributed by atoms with Gasteiger partial charge in [-0.2, -0.15) is 35.3 Å². The van der Waals surface area contributed by atoms with Gasteiger partial charge in [0.05, 0.1) is 62.8 Å². The monoisotopic (exact) mass is 1580 g/mol. The smallest absolute Gasteiger partial charge is 0.416 e. The maximum Gasteiger partial charge on any atom is 0.416 e. The highest BCUT2D eigenvalue weighted by atomic mass is 35.5. The SMILES string of the molecule is CC(C)(C)OC(=O)N(c1nc(Cl)nc2c1cnn2[C@@H]1O[C@H](CO[C@@](COCC[Si](C)(C)C)(COCc2nnn(COCC[Si](C)(C)C)n2)P(C)(C)=O)[C@H]2OC(C)(C)O[C@H]21)C1CCCC1.O=P(O)(O)[C@@](CO)(COCc1nn[nH]n1)OC[C@H]1O[C@@H](n2ncc3c(NC4CCCC4)nc(Cl)nc32)[C@H](O)[C@@H]1O. The molecule has 5 aliphatic rings. The Hall–Kier alpha value is -4.82. The van der Waals surface area contributed by atoms with Gasteiger partial charge in [0.2, 0.25) is 15.9 Å². The summed E-state index contributed by atoms with van der Waals surface area (Å²) in [7, 11) is -11.0. The van der Waals surface area contributed by atoms with Gasteiger partial charge in [-0.05, 0) is 114 Å². The van der Waals surface area contributed by atoms with Crippen molar-refractivity contribution in [3.05, 3.63) is 34.6 Å². The van der Waals surface area contributed by atoms with Crippen LogP contribution in [0.1, 0.15) is 110 Å². The largest absolute Gasteiger partial charge is 0.443 e. The van der Waals surface area contributed by atoms with E-state index in [-0.39, 0.29) is 73.9 Å². The molecule has 5 fully saturated rings. The molecular weight excluding hydrogens is 1480 g/mol. The van der Waals surface area contributed by atoms with Crippen molar-refractivity contribution in [1.82, 2.24) is 80.3 Å². The molecule has 6 aromatic rings. The topological polar surface area (TPSA) is 454 Å². The van der Waals surface area contributed by atoms with Crippen LogP contribution < -0.4 is 10.2 Å². The number of anilines is 2. The van der Waals surface area contributed by atoms with Gasteiger partial charge < -0.3 is 87.1 Å². The predicted octanol–water partition coefficient (Wildman–Crippen LogP) is 6.85. The third kappa shape index (κ3) is 20.4. The number of nitrogens with one attached hydrogen (secondary N) is 2. The molecule has 0 unspecified atom stereocenters. The minimum atomic E-state index is -5.14. The third-order valence-corrected chi connectivity index (χ3v) is 25.9. The van der Waals surface area contributed by atoms with Crippen LogP contribution in [0.4, 0.5) is 16.4 Å². The second-order valence-corrected chi connectivity index (χ2v) is 48.4. The lowest BCUT2D eigenvalue weighted by Gasteiger charge is -2.38. The molecule has 104 heavy (non-hydrogen) atoms. The van der Waals surface area contributed by atoms with E-state index >= 15 is 0 Å². The zero-order valence-corrected chi connectivity index (χ0v) is 66.3. The fourth-order valence-electron chi connectivity index (χ4n) is 12.5. The van der Waals surface area contributed by atoms with Gasteiger partial charge in [-0.3, -0.25) is 9.46 Å². The van der Waals surface area contributed by atoms with E-state index in [0.717, 1.165) is 63.5 Å². The highest BCUT2D eigenvalue weighted by Crippen LogP contribution is 2.55. The summed E-state index contributed by atoms with van der Waals surface area (Å²) >= 11 is 12.8. The van der Waals surface area contributed by atoms with Gasteiger partial charge in [-0.25, -0.2) is 14.2 Å². The summed E-state index contributed by atoms with van der Waals surface area (Å²) in [6.45, 7) is 24.6. The van der Waals surface area contributed by atoms with Crippen LogP contribution in [0.5, 0.6) is 0 Å². The number of rotatable bonds is 33. The van der Waals surface area contributed by atoms with Crippen molar-refractivity contribution in [2.75, 3.05) is 76.4 Å². The summed E-state index contributed by atoms with van der Waals surface area (Å²) in [5, 5.41) is 66.3. The average Bonchev–Trinajstić information content (AvgIpc) is 1.57. The Kier molecular flexibility index (Phi) is 26.4. The molecule has 11 rings (SSSR count). The number of H-pyrrole nitrogens is 1. The van der Waals surface area contributed by atoms with Crippen molar-refractivity contribution < 1.29 is 91.1 Å². The van der Waals surface area contributed by atoms with Crippen LogP contribution in [0.25, 0.3) is 22.1 Å². The van der Waals surface area contributed by atoms with Crippen molar-refractivity contribution >= 4 is 93.9 Å². The Labute approximate surface area is 613 Å². The van der Waals surface area contributed by atoms with Gasteiger partial charge in [0.25, 0.3) is 0 Å². The standard InChI is InChI=1S/C41H71ClN9O10PSi2.C20H29ClN9O9P/c1-39(2,3)61-38(52)50(28-16-14-15-17-28)34-29-22-43-51(35(29)45-37(42)44-34)36-33-32(59-40(4,5)60-33)30(58-36)23-57-41(62(6,7)53,25-54-18-20-63(8,9)10)26-56-24-31-46-48-49(47-31)27-55-19-21-64(11,12)13;21-19-24-16(23-10-3-1-2-4-10)11-5-22-30(17(11)25-19)18-15(33)14(32)12(39-18)6-38-20(8-31,40(34,35)36)9-37-7-13-26-28-29-27-13/h22,28,30,32-33,36H,14-21,23-27H2,1-13H3;5,10,12,14-15,18,31-33H,1-4,6-9H2,(H,23,24,25)(H2,34,35,36)(H,26,27,28,29)/t30-,32-,33-,36-,41-;12-,14-,15-,18-,20+/m11/s1. The molecule has 9 heterocycles. The molecule has 37 nitrogen and oxygen atoms in total. The number of aliphatic hydroxyl groups is 3. The molecule has 3 saturated heterocycles. The van der Waals surface area contributed by atoms with Crippen LogP contribution in [0, 0.1) is 0 Å². The third-order valence-electron chi connectivity index (χ3n) is 18.3. The number of carbonyl (C=O) groups excluding carboxylic acids is 1. The van der Waals surface area contributed by atoms with E-state index in [1.807, 2.05) is 34.6 Å². The van der Waals surface area contributed by atoms with Gasteiger partial charge in [-0.1, -0.05) is 70.2 Å². The number of hydrogen-bond donors (Lipinski definition) is 7. The number of nitrogens with zero attached hydrogens (tertiary/aromatic N) is 16. The number of tetrazole rings is 2. The lowest BCUT2D eigenvalue weighted by molar-refractivity contribution is -0.208. The van der Waals surface area contributed by atoms with Gasteiger partial charge in [-0.15, -0.1) is 25.2 Å². The van der Waals surface area contributed by atoms with E-state index in [2.05, 4.69) is 106 Å². The number of carbonyl (C=O) groups is 1. The lowest BCUT2D eigenvalue weighted by atomic mass is 10.1. The number of fused-ring (bicyclic) bond motifs is 3. The maximum absolute atomic E-state index is 14.5. The van der Waals surface area contributed by atoms with Crippen LogP contribution in [-0.2, 0) is 81.2 Å². The Morgan fingerprint density at radius 3 is 1.93 bits per heavy atom. The quantitative estimate of drug-likeness (QED) is 0.00957. The number of aliphatic hydroxyl groups excluding tert-OH is 3. The Balaban J connectivity index is 0.000000248. The number of hydrogen-bond acceptors (Lipinski definition) is 30. The van der Waals surface area contributed by atoms with Gasteiger partial charge in [0.15, 0.2) is 59.1 Å². The Morgan fingerprint density at radius 1 is 0.740 bits per heavy atom. The Bertz CT molecular complexity index is 3920. The first kappa shape index (κ1) is 81.7. The predicted molar refractivity (Wildman–Crippen MR) is 382 cm³/mol. The fraction of sp³-hybridized carbons (Fsp3) is 0.787. The van der Waals surface area contributed by atoms with E-state index in [9.17, 15) is 39.0 Å². The molecule has 0 aromatic carbocycles. The molecule has 10 atom stereocenters. The van der Waals surface area contributed by atoms with Gasteiger partial charge in [0, 0.05) is 41.4 Å². The lowest BCUT2D eigenvalue weighted by Crippen LogP contribution is -2.46. The normalized spacial score (nSPS) is 23.9. The summed E-state index contributed by atoms with van der Waals surface area (Å²) in [5.41, 5.74) is -0.152. The van der Waals surface area contributed by atoms with E-state index in [1.165, 1.54) is 15.7 Å². The van der Waals surface area contributed by atoms with Gasteiger partial charge in [0.1, 0.15) is 68.4 Å². The molecule has 0 radical (unpaired) electrons. The minimum absolute atomic E-state index is 0.00234. The van der Waals surface area contributed by atoms with E-state index < -0.39 is 128 Å². The molecule has 3 aliphatic heterocycles. The number of amides is 1. The van der Waals surface area contributed by atoms with E-state index in [4.69, 9.17) is 80.4 Å². The summed E-state index contributed by atoms with van der Waals surface area (Å²) in [5.74, 6) is 0.265. The first-order valence-electron chi connectivity index (χ1n) is 34.8. The highest BCUT2D eigenvalue weighted by Gasteiger charge is 2.58. The average molecular weight is 1580 g/mol. The summed E-state index contributed by atoms with van der Waals surface area (Å²) in [4.78, 5) is 54.4. The van der Waals surface area contributed by atoms with Crippen LogP contribution in [0.2, 0.25) is 61.9 Å². The first-order chi connectivity index (χ1) is 48.8. The van der Waals surface area contributed by atoms with E-state index in [0.29, 0.717) is 47.1 Å². The molecule has 1 amide bonds. The van der Waals surface area contributed by atoms with Crippen molar-refractivity contribution in [2.45, 2.75) is 241 Å². The number of halogens is 2.